The quantitative estimate of drug-likeness (QED) is 0.195. The van der Waals surface area contributed by atoms with E-state index in [9.17, 15) is 34.5 Å². The summed E-state index contributed by atoms with van der Waals surface area (Å²) < 4.78 is 0. The lowest BCUT2D eigenvalue weighted by molar-refractivity contribution is -0.137. The minimum Gasteiger partial charge on any atom is -0.508 e. The van der Waals surface area contributed by atoms with Gasteiger partial charge in [-0.25, -0.2) is 0 Å². The summed E-state index contributed by atoms with van der Waals surface area (Å²) in [5.41, 5.74) is 13.5. The summed E-state index contributed by atoms with van der Waals surface area (Å²) in [4.78, 5) is 50.1. The molecule has 2 aromatic carbocycles. The highest BCUT2D eigenvalue weighted by Crippen LogP contribution is 2.30. The number of aliphatic hydroxyl groups is 1. The number of phenols is 2. The topological polar surface area (TPSA) is 237 Å². The highest BCUT2D eigenvalue weighted by Gasteiger charge is 2.31. The van der Waals surface area contributed by atoms with Crippen molar-refractivity contribution in [3.8, 4) is 22.6 Å². The summed E-state index contributed by atoms with van der Waals surface area (Å²) in [5, 5.41) is 47.4. The molecule has 39 heavy (non-hydrogen) atoms. The number of nitrogens with two attached hydrogens (primary N) is 2. The molecule has 2 aromatic rings. The summed E-state index contributed by atoms with van der Waals surface area (Å²) in [6.45, 7) is -0.407. The number of phenolic OH excluding ortho intramolecular Hbond substituents is 2. The Morgan fingerprint density at radius 2 is 1.56 bits per heavy atom. The molecule has 11 N–H and O–H groups in total. The number of carboxylic acid groups (broad SMARTS) is 1. The highest BCUT2D eigenvalue weighted by atomic mass is 16.4. The Bertz CT molecular complexity index is 1240. The average molecular weight is 544 g/mol. The van der Waals surface area contributed by atoms with Crippen LogP contribution in [0.2, 0.25) is 0 Å². The largest absolute Gasteiger partial charge is 0.508 e. The average Bonchev–Trinajstić information content (AvgIpc) is 2.89. The Kier molecular flexibility index (Phi) is 9.82. The first-order valence-corrected chi connectivity index (χ1v) is 12.4. The van der Waals surface area contributed by atoms with Crippen molar-refractivity contribution in [2.24, 2.45) is 11.5 Å². The van der Waals surface area contributed by atoms with Gasteiger partial charge in [-0.2, -0.15) is 0 Å². The van der Waals surface area contributed by atoms with E-state index in [2.05, 4.69) is 16.0 Å². The van der Waals surface area contributed by atoms with Gasteiger partial charge in [0, 0.05) is 32.4 Å². The third-order valence-corrected chi connectivity index (χ3v) is 6.38. The van der Waals surface area contributed by atoms with Crippen LogP contribution in [0, 0.1) is 0 Å². The van der Waals surface area contributed by atoms with Gasteiger partial charge in [0.2, 0.25) is 17.7 Å². The molecule has 0 saturated heterocycles. The first-order valence-electron chi connectivity index (χ1n) is 12.4. The summed E-state index contributed by atoms with van der Waals surface area (Å²) in [6.07, 6.45) is -2.05. The molecule has 13 heteroatoms. The molecule has 4 bridgehead atoms. The number of rotatable bonds is 7. The number of amides is 3. The lowest BCUT2D eigenvalue weighted by atomic mass is 9.95. The predicted octanol–water partition coefficient (Wildman–Crippen LogP) is -1.54. The number of hydrogen-bond donors (Lipinski definition) is 9. The number of carbonyl (C=O) groups is 4. The third kappa shape index (κ3) is 7.89. The van der Waals surface area contributed by atoms with E-state index in [1.54, 1.807) is 24.3 Å². The minimum atomic E-state index is -1.33. The van der Waals surface area contributed by atoms with Gasteiger partial charge in [0.1, 0.15) is 23.6 Å². The number of benzene rings is 2. The molecule has 13 nitrogen and oxygen atoms in total. The van der Waals surface area contributed by atoms with E-state index in [4.69, 9.17) is 16.6 Å². The molecule has 0 unspecified atom stereocenters. The van der Waals surface area contributed by atoms with Gasteiger partial charge in [0.15, 0.2) is 0 Å². The fourth-order valence-electron chi connectivity index (χ4n) is 4.18. The second kappa shape index (κ2) is 13.0. The van der Waals surface area contributed by atoms with Crippen molar-refractivity contribution in [1.82, 2.24) is 16.0 Å². The van der Waals surface area contributed by atoms with Gasteiger partial charge in [0.25, 0.3) is 0 Å². The maximum Gasteiger partial charge on any atom is 0.305 e. The van der Waals surface area contributed by atoms with Crippen molar-refractivity contribution in [2.45, 2.75) is 49.9 Å². The molecule has 0 radical (unpaired) electrons. The van der Waals surface area contributed by atoms with Crippen LogP contribution in [0.15, 0.2) is 36.4 Å². The van der Waals surface area contributed by atoms with Gasteiger partial charge < -0.3 is 47.8 Å². The van der Waals surface area contributed by atoms with Crippen molar-refractivity contribution in [3.05, 3.63) is 47.5 Å². The molecule has 0 aliphatic carbocycles. The van der Waals surface area contributed by atoms with E-state index in [-0.39, 0.29) is 50.3 Å². The van der Waals surface area contributed by atoms with E-state index in [0.29, 0.717) is 22.3 Å². The van der Waals surface area contributed by atoms with Crippen molar-refractivity contribution < 1.29 is 39.6 Å². The van der Waals surface area contributed by atoms with Crippen LogP contribution in [0.4, 0.5) is 0 Å². The molecule has 3 rings (SSSR count). The number of carbonyl (C=O) groups excluding carboxylic acids is 3. The Balaban J connectivity index is 2.06. The maximum absolute atomic E-state index is 13.3. The summed E-state index contributed by atoms with van der Waals surface area (Å²) in [5.74, 6) is -3.64. The van der Waals surface area contributed by atoms with Gasteiger partial charge in [-0.15, -0.1) is 0 Å². The van der Waals surface area contributed by atoms with Crippen molar-refractivity contribution in [2.75, 3.05) is 13.1 Å². The first-order chi connectivity index (χ1) is 18.5. The van der Waals surface area contributed by atoms with E-state index in [1.165, 1.54) is 12.1 Å². The van der Waals surface area contributed by atoms with E-state index in [1.807, 2.05) is 0 Å². The number of aromatic hydroxyl groups is 2. The van der Waals surface area contributed by atoms with Crippen molar-refractivity contribution >= 4 is 23.7 Å². The normalized spacial score (nSPS) is 20.5. The Labute approximate surface area is 224 Å². The fraction of sp³-hybridized carbons (Fsp3) is 0.385. The molecule has 1 aliphatic heterocycles. The van der Waals surface area contributed by atoms with Crippen LogP contribution in [0.5, 0.6) is 11.5 Å². The molecule has 1 aliphatic rings. The van der Waals surface area contributed by atoms with Gasteiger partial charge in [-0.05, 0) is 46.5 Å². The molecule has 0 spiro atoms. The maximum atomic E-state index is 13.3. The van der Waals surface area contributed by atoms with Crippen LogP contribution in [0.1, 0.15) is 24.0 Å². The Morgan fingerprint density at radius 1 is 0.974 bits per heavy atom. The zero-order valence-electron chi connectivity index (χ0n) is 21.1. The van der Waals surface area contributed by atoms with Gasteiger partial charge in [-0.1, -0.05) is 12.1 Å². The molecule has 0 saturated carbocycles. The zero-order chi connectivity index (χ0) is 28.7. The number of aliphatic carboxylic acids is 1. The lowest BCUT2D eigenvalue weighted by Crippen LogP contribution is -2.57. The molecule has 4 atom stereocenters. The Morgan fingerprint density at radius 3 is 2.13 bits per heavy atom. The van der Waals surface area contributed by atoms with Crippen LogP contribution in [-0.2, 0) is 32.0 Å². The second-order valence-corrected chi connectivity index (χ2v) is 9.38. The molecular weight excluding hydrogens is 510 g/mol. The second-order valence-electron chi connectivity index (χ2n) is 9.38. The zero-order valence-corrected chi connectivity index (χ0v) is 21.1. The van der Waals surface area contributed by atoms with Gasteiger partial charge >= 0.3 is 5.97 Å². The monoisotopic (exact) mass is 543 g/mol. The number of aliphatic hydroxyl groups excluding tert-OH is 1. The van der Waals surface area contributed by atoms with Crippen LogP contribution < -0.4 is 27.4 Å². The minimum absolute atomic E-state index is 0.0706. The SMILES string of the molecule is NC[C@H](O)C[C@@H]1NC(=O)[C@@H](N)Cc2cc(ccc2O)-c2ccc(O)c(c2)C[C@@H](C(=O)NCCC(=O)O)NC1=O. The molecule has 1 heterocycles. The van der Waals surface area contributed by atoms with Crippen LogP contribution >= 0.6 is 0 Å². The van der Waals surface area contributed by atoms with E-state index >= 15 is 0 Å². The fourth-order valence-corrected chi connectivity index (χ4v) is 4.18. The number of hydrogen-bond acceptors (Lipinski definition) is 9. The molecular formula is C26H33N5O8. The van der Waals surface area contributed by atoms with Gasteiger partial charge in [0.05, 0.1) is 18.6 Å². The lowest BCUT2D eigenvalue weighted by Gasteiger charge is -2.25. The van der Waals surface area contributed by atoms with Crippen molar-refractivity contribution in [1.29, 1.82) is 0 Å². The van der Waals surface area contributed by atoms with Gasteiger partial charge in [-0.3, -0.25) is 19.2 Å². The van der Waals surface area contributed by atoms with Crippen LogP contribution in [0.3, 0.4) is 0 Å². The molecule has 3 amide bonds. The highest BCUT2D eigenvalue weighted by molar-refractivity contribution is 5.93. The van der Waals surface area contributed by atoms with Crippen molar-refractivity contribution in [3.63, 3.8) is 0 Å². The smallest absolute Gasteiger partial charge is 0.305 e. The first kappa shape index (κ1) is 29.4. The Hall–Kier alpha value is -4.20. The molecule has 0 aromatic heterocycles. The number of nitrogens with one attached hydrogen (secondary N) is 3. The number of carboxylic acids is 1. The van der Waals surface area contributed by atoms with Crippen LogP contribution in [-0.4, -0.2) is 81.4 Å². The third-order valence-electron chi connectivity index (χ3n) is 6.38. The number of fused-ring (bicyclic) bond motifs is 5. The predicted molar refractivity (Wildman–Crippen MR) is 139 cm³/mol. The standard InChI is InChI=1S/C26H33N5O8/c27-12-17(32)11-20-26(39)31-19(25(38)29-6-5-23(35)36)10-16-8-14(2-4-22(16)34)13-1-3-21(33)15(7-13)9-18(28)24(37)30-20/h1-4,7-8,17-20,32-34H,5-6,9-12,27-28H2,(H,29,38)(H,30,37)(H,31,39)(H,35,36)/t17-,18+,19+,20+/m1/s1. The summed E-state index contributed by atoms with van der Waals surface area (Å²) in [6, 6.07) is 5.62. The van der Waals surface area contributed by atoms with E-state index < -0.39 is 47.9 Å². The molecule has 0 fully saturated rings. The summed E-state index contributed by atoms with van der Waals surface area (Å²) in [7, 11) is 0. The summed E-state index contributed by atoms with van der Waals surface area (Å²) >= 11 is 0. The molecule has 210 valence electrons. The van der Waals surface area contributed by atoms with Crippen LogP contribution in [0.25, 0.3) is 11.1 Å². The van der Waals surface area contributed by atoms with E-state index in [0.717, 1.165) is 0 Å².